The Labute approximate surface area is 155 Å². The summed E-state index contributed by atoms with van der Waals surface area (Å²) >= 11 is 0. The predicted octanol–water partition coefficient (Wildman–Crippen LogP) is -1.21. The van der Waals surface area contributed by atoms with Gasteiger partial charge < -0.3 is 32.2 Å². The third kappa shape index (κ3) is 6.48. The molecule has 3 rings (SSSR count). The first-order valence-electron chi connectivity index (χ1n) is 5.64. The van der Waals surface area contributed by atoms with Crippen molar-refractivity contribution in [3.05, 3.63) is 78.7 Å². The van der Waals surface area contributed by atoms with Crippen molar-refractivity contribution in [2.45, 2.75) is 19.8 Å². The molecule has 3 heteroatoms. The second kappa shape index (κ2) is 12.5. The van der Waals surface area contributed by atoms with E-state index < -0.39 is 0 Å². The van der Waals surface area contributed by atoms with Gasteiger partial charge in [-0.15, -0.1) is 11.6 Å². The zero-order valence-corrected chi connectivity index (χ0v) is 16.0. The number of hydrogen-bond acceptors (Lipinski definition) is 0. The van der Waals surface area contributed by atoms with Crippen molar-refractivity contribution in [2.75, 3.05) is 0 Å². The monoisotopic (exact) mass is 383 g/mol. The van der Waals surface area contributed by atoms with Crippen molar-refractivity contribution in [3.8, 4) is 0 Å². The Balaban J connectivity index is -0.000000283. The van der Waals surface area contributed by atoms with Gasteiger partial charge >= 0.3 is 26.2 Å². The normalized spacial score (nSPS) is 13.2. The maximum Gasteiger partial charge on any atom is 2.00 e. The van der Waals surface area contributed by atoms with E-state index in [9.17, 15) is 0 Å². The number of aryl methyl sites for hydroxylation is 1. The molecule has 0 nitrogen and oxygen atoms in total. The molecule has 1 aliphatic rings. The minimum atomic E-state index is 0. The molecular weight excluding hydrogens is 366 g/mol. The standard InChI is InChI=1S/C11H11.C5H5.CH3.2ClH.Zr/c1-8-4-3-5-10-7-6-9(2)11(8)10;1-2-4-5-3-1;;;;/h3-5,7,9H,1-2H3;1-5H;1H3;2*1H;/q3*-1;;;+2/p-2. The number of hydrogen-bond donors (Lipinski definition) is 0. The Morgan fingerprint density at radius 3 is 2.10 bits per heavy atom. The van der Waals surface area contributed by atoms with Crippen LogP contribution in [-0.4, -0.2) is 0 Å². The Kier molecular flexibility index (Phi) is 15.5. The van der Waals surface area contributed by atoms with Gasteiger partial charge in [-0.05, 0) is 6.92 Å². The molecule has 2 aromatic rings. The van der Waals surface area contributed by atoms with Crippen LogP contribution in [0, 0.1) is 20.4 Å². The smallest absolute Gasteiger partial charge is 1.00 e. The maximum absolute atomic E-state index is 3.30. The van der Waals surface area contributed by atoms with E-state index in [2.05, 4.69) is 44.2 Å². The molecule has 0 saturated heterocycles. The van der Waals surface area contributed by atoms with E-state index in [1.165, 1.54) is 16.7 Å². The van der Waals surface area contributed by atoms with Crippen LogP contribution in [-0.2, 0) is 26.2 Å². The van der Waals surface area contributed by atoms with Crippen LogP contribution in [0.4, 0.5) is 0 Å². The summed E-state index contributed by atoms with van der Waals surface area (Å²) in [4.78, 5) is 0. The van der Waals surface area contributed by atoms with Gasteiger partial charge in [-0.2, -0.15) is 23.8 Å². The van der Waals surface area contributed by atoms with Crippen LogP contribution in [0.15, 0.2) is 48.5 Å². The fourth-order valence-electron chi connectivity index (χ4n) is 2.04. The summed E-state index contributed by atoms with van der Waals surface area (Å²) < 4.78 is 0. The van der Waals surface area contributed by atoms with Gasteiger partial charge in [0.2, 0.25) is 0 Å². The summed E-state index contributed by atoms with van der Waals surface area (Å²) in [6, 6.07) is 16.4. The second-order valence-electron chi connectivity index (χ2n) is 4.07. The van der Waals surface area contributed by atoms with Crippen LogP contribution < -0.4 is 24.8 Å². The van der Waals surface area contributed by atoms with Crippen molar-refractivity contribution >= 4 is 6.08 Å². The number of allylic oxidation sites excluding steroid dienone is 1. The Hall–Kier alpha value is -0.227. The summed E-state index contributed by atoms with van der Waals surface area (Å²) in [5.74, 6) is 0.492. The van der Waals surface area contributed by atoms with Crippen LogP contribution in [0.2, 0.25) is 0 Å². The molecule has 0 aliphatic heterocycles. The van der Waals surface area contributed by atoms with Crippen LogP contribution in [0.25, 0.3) is 6.08 Å². The fraction of sp³-hybridized carbons (Fsp3) is 0.176. The number of benzene rings is 1. The molecule has 108 valence electrons. The predicted molar refractivity (Wildman–Crippen MR) is 75.8 cm³/mol. The molecule has 2 aromatic carbocycles. The summed E-state index contributed by atoms with van der Waals surface area (Å²) in [7, 11) is 0. The first-order chi connectivity index (χ1) is 7.79. The molecule has 0 radical (unpaired) electrons. The van der Waals surface area contributed by atoms with E-state index in [1.54, 1.807) is 0 Å². The van der Waals surface area contributed by atoms with Crippen LogP contribution >= 0.6 is 0 Å². The van der Waals surface area contributed by atoms with Crippen molar-refractivity contribution in [2.24, 2.45) is 0 Å². The van der Waals surface area contributed by atoms with Gasteiger partial charge in [-0.3, -0.25) is 6.08 Å². The largest absolute Gasteiger partial charge is 2.00 e. The van der Waals surface area contributed by atoms with Crippen LogP contribution in [0.5, 0.6) is 0 Å². The van der Waals surface area contributed by atoms with Crippen molar-refractivity contribution < 1.29 is 51.0 Å². The van der Waals surface area contributed by atoms with E-state index in [4.69, 9.17) is 0 Å². The van der Waals surface area contributed by atoms with E-state index >= 15 is 0 Å². The van der Waals surface area contributed by atoms with Gasteiger partial charge in [-0.25, -0.2) is 18.2 Å². The summed E-state index contributed by atoms with van der Waals surface area (Å²) in [5, 5.41) is 0. The van der Waals surface area contributed by atoms with Gasteiger partial charge in [0.05, 0.1) is 0 Å². The minimum absolute atomic E-state index is 0. The molecule has 0 spiro atoms. The molecule has 0 heterocycles. The van der Waals surface area contributed by atoms with E-state index in [-0.39, 0.29) is 58.4 Å². The average Bonchev–Trinajstić information content (AvgIpc) is 2.92. The molecule has 1 atom stereocenters. The fourth-order valence-corrected chi connectivity index (χ4v) is 2.04. The van der Waals surface area contributed by atoms with Gasteiger partial charge in [0.15, 0.2) is 0 Å². The molecular formula is C17H19Cl2Zr-3. The third-order valence-electron chi connectivity index (χ3n) is 2.84. The number of rotatable bonds is 0. The van der Waals surface area contributed by atoms with Gasteiger partial charge in [-0.1, -0.05) is 30.5 Å². The Bertz CT molecular complexity index is 459. The number of halogens is 2. The van der Waals surface area contributed by atoms with E-state index in [1.807, 2.05) is 30.3 Å². The maximum atomic E-state index is 3.30. The Morgan fingerprint density at radius 2 is 1.65 bits per heavy atom. The summed E-state index contributed by atoms with van der Waals surface area (Å²) in [6.07, 6.45) is 5.39. The van der Waals surface area contributed by atoms with E-state index in [0.29, 0.717) is 5.92 Å². The average molecular weight is 385 g/mol. The first kappa shape index (κ1) is 24.8. The first-order valence-corrected chi connectivity index (χ1v) is 5.64. The zero-order chi connectivity index (χ0) is 11.4. The molecule has 1 aliphatic carbocycles. The zero-order valence-electron chi connectivity index (χ0n) is 12.0. The SMILES string of the molecule is Cc1cccc2c1C(C)[C-]=C2.[CH3-].[Cl-].[Cl-].[Zr+2].c1cc[cH-]c1. The molecule has 0 amide bonds. The van der Waals surface area contributed by atoms with Crippen LogP contribution in [0.1, 0.15) is 29.5 Å². The van der Waals surface area contributed by atoms with Crippen LogP contribution in [0.3, 0.4) is 0 Å². The number of fused-ring (bicyclic) bond motifs is 1. The molecule has 20 heavy (non-hydrogen) atoms. The van der Waals surface area contributed by atoms with Crippen molar-refractivity contribution in [1.29, 1.82) is 0 Å². The quantitative estimate of drug-likeness (QED) is 0.500. The molecule has 0 bridgehead atoms. The Morgan fingerprint density at radius 1 is 1.05 bits per heavy atom. The third-order valence-corrected chi connectivity index (χ3v) is 2.84. The topological polar surface area (TPSA) is 0 Å². The molecule has 1 unspecified atom stereocenters. The molecule has 0 saturated carbocycles. The minimum Gasteiger partial charge on any atom is -1.00 e. The second-order valence-corrected chi connectivity index (χ2v) is 4.07. The van der Waals surface area contributed by atoms with Crippen molar-refractivity contribution in [3.63, 3.8) is 0 Å². The molecule has 0 fully saturated rings. The van der Waals surface area contributed by atoms with E-state index in [0.717, 1.165) is 0 Å². The summed E-state index contributed by atoms with van der Waals surface area (Å²) in [6.45, 7) is 4.35. The molecule has 0 aromatic heterocycles. The van der Waals surface area contributed by atoms with Gasteiger partial charge in [0.25, 0.3) is 0 Å². The summed E-state index contributed by atoms with van der Waals surface area (Å²) in [5.41, 5.74) is 4.18. The van der Waals surface area contributed by atoms with Gasteiger partial charge in [0, 0.05) is 0 Å². The molecule has 0 N–H and O–H groups in total. The van der Waals surface area contributed by atoms with Gasteiger partial charge in [0.1, 0.15) is 0 Å². The van der Waals surface area contributed by atoms with Crippen molar-refractivity contribution in [1.82, 2.24) is 0 Å².